The molecule has 0 fully saturated rings. The maximum atomic E-state index is 14.2. The third-order valence-corrected chi connectivity index (χ3v) is 4.21. The molecule has 0 aliphatic heterocycles. The van der Waals surface area contributed by atoms with Crippen LogP contribution in [0.4, 0.5) is 4.39 Å². The Balaban J connectivity index is 1.81. The maximum Gasteiger partial charge on any atom is 0.307 e. The van der Waals surface area contributed by atoms with E-state index in [2.05, 4.69) is 0 Å². The van der Waals surface area contributed by atoms with Crippen LogP contribution < -0.4 is 10.5 Å². The Labute approximate surface area is 157 Å². The van der Waals surface area contributed by atoms with E-state index < -0.39 is 5.97 Å². The summed E-state index contributed by atoms with van der Waals surface area (Å²) in [6.07, 6.45) is -0.104. The van der Waals surface area contributed by atoms with Crippen LogP contribution in [0.3, 0.4) is 0 Å². The predicted molar refractivity (Wildman–Crippen MR) is 102 cm³/mol. The first-order valence-electron chi connectivity index (χ1n) is 8.57. The van der Waals surface area contributed by atoms with E-state index in [1.165, 1.54) is 6.07 Å². The van der Waals surface area contributed by atoms with Crippen molar-refractivity contribution in [1.82, 2.24) is 0 Å². The van der Waals surface area contributed by atoms with Crippen molar-refractivity contribution in [3.63, 3.8) is 0 Å². The normalized spacial score (nSPS) is 10.6. The van der Waals surface area contributed by atoms with E-state index in [-0.39, 0.29) is 18.8 Å². The van der Waals surface area contributed by atoms with Crippen LogP contribution in [0.1, 0.15) is 16.7 Å². The van der Waals surface area contributed by atoms with Crippen LogP contribution in [-0.4, -0.2) is 11.1 Å². The Hall–Kier alpha value is -3.18. The lowest BCUT2D eigenvalue weighted by Crippen LogP contribution is -2.04. The van der Waals surface area contributed by atoms with Gasteiger partial charge in [-0.25, -0.2) is 4.39 Å². The number of halogens is 1. The van der Waals surface area contributed by atoms with Gasteiger partial charge in [0.15, 0.2) is 0 Å². The fourth-order valence-electron chi connectivity index (χ4n) is 2.86. The number of ether oxygens (including phenoxy) is 1. The van der Waals surface area contributed by atoms with Crippen LogP contribution >= 0.6 is 0 Å². The number of carbonyl (C=O) groups is 1. The minimum Gasteiger partial charge on any atom is -0.489 e. The summed E-state index contributed by atoms with van der Waals surface area (Å²) in [7, 11) is 0. The molecule has 3 N–H and O–H groups in total. The number of benzene rings is 3. The number of rotatable bonds is 7. The summed E-state index contributed by atoms with van der Waals surface area (Å²) < 4.78 is 20.0. The summed E-state index contributed by atoms with van der Waals surface area (Å²) in [5.74, 6) is -0.693. The molecule has 0 saturated carbocycles. The molecule has 0 aliphatic carbocycles. The molecule has 3 rings (SSSR count). The molecule has 0 heterocycles. The summed E-state index contributed by atoms with van der Waals surface area (Å²) in [5.41, 5.74) is 9.21. The van der Waals surface area contributed by atoms with Gasteiger partial charge in [-0.3, -0.25) is 4.79 Å². The molecule has 0 amide bonds. The van der Waals surface area contributed by atoms with Crippen LogP contribution in [0.25, 0.3) is 11.1 Å². The van der Waals surface area contributed by atoms with Crippen molar-refractivity contribution in [3.8, 4) is 16.9 Å². The lowest BCUT2D eigenvalue weighted by atomic mass is 10.0. The minimum absolute atomic E-state index is 0.104. The molecule has 3 aromatic rings. The summed E-state index contributed by atoms with van der Waals surface area (Å²) in [6, 6.07) is 19.3. The lowest BCUT2D eigenvalue weighted by Gasteiger charge is -2.12. The van der Waals surface area contributed by atoms with Crippen molar-refractivity contribution >= 4 is 5.97 Å². The van der Waals surface area contributed by atoms with E-state index in [1.54, 1.807) is 36.4 Å². The number of carboxylic acid groups (broad SMARTS) is 1. The monoisotopic (exact) mass is 365 g/mol. The molecule has 0 aromatic heterocycles. The lowest BCUT2D eigenvalue weighted by molar-refractivity contribution is -0.136. The van der Waals surface area contributed by atoms with Gasteiger partial charge in [-0.05, 0) is 41.0 Å². The molecule has 0 bridgehead atoms. The fourth-order valence-corrected chi connectivity index (χ4v) is 2.86. The van der Waals surface area contributed by atoms with Gasteiger partial charge in [0, 0.05) is 17.7 Å². The number of nitrogens with two attached hydrogens (primary N) is 1. The Morgan fingerprint density at radius 3 is 2.59 bits per heavy atom. The van der Waals surface area contributed by atoms with Crippen LogP contribution in [0.15, 0.2) is 66.7 Å². The molecule has 0 unspecified atom stereocenters. The van der Waals surface area contributed by atoms with Crippen LogP contribution in [0.5, 0.6) is 5.75 Å². The highest BCUT2D eigenvalue weighted by Crippen LogP contribution is 2.26. The standard InChI is InChI=1S/C22H20FNO3/c23-20-9-8-15(13-24)11-19(20)17-6-3-4-16(10-17)14-27-21-7-2-1-5-18(21)12-22(25)26/h1-11H,12-14,24H2,(H,25,26). The first kappa shape index (κ1) is 18.6. The van der Waals surface area contributed by atoms with Crippen molar-refractivity contribution in [2.75, 3.05) is 0 Å². The maximum absolute atomic E-state index is 14.2. The predicted octanol–water partition coefficient (Wildman–Crippen LogP) is 4.16. The highest BCUT2D eigenvalue weighted by Gasteiger charge is 2.09. The largest absolute Gasteiger partial charge is 0.489 e. The zero-order valence-electron chi connectivity index (χ0n) is 14.7. The second kappa shape index (κ2) is 8.47. The molecular formula is C22H20FNO3. The van der Waals surface area contributed by atoms with Crippen molar-refractivity contribution in [2.24, 2.45) is 5.73 Å². The van der Waals surface area contributed by atoms with Gasteiger partial charge in [0.2, 0.25) is 0 Å². The average Bonchev–Trinajstić information content (AvgIpc) is 2.67. The van der Waals surface area contributed by atoms with Crippen molar-refractivity contribution in [2.45, 2.75) is 19.6 Å². The molecule has 0 atom stereocenters. The van der Waals surface area contributed by atoms with Gasteiger partial charge >= 0.3 is 5.97 Å². The molecule has 0 spiro atoms. The highest BCUT2D eigenvalue weighted by atomic mass is 19.1. The topological polar surface area (TPSA) is 72.5 Å². The molecule has 0 radical (unpaired) electrons. The van der Waals surface area contributed by atoms with Crippen molar-refractivity contribution in [1.29, 1.82) is 0 Å². The van der Waals surface area contributed by atoms with E-state index in [0.717, 1.165) is 16.7 Å². The Kier molecular flexibility index (Phi) is 5.84. The second-order valence-corrected chi connectivity index (χ2v) is 6.19. The van der Waals surface area contributed by atoms with E-state index in [1.807, 2.05) is 24.3 Å². The van der Waals surface area contributed by atoms with Gasteiger partial charge < -0.3 is 15.6 Å². The molecule has 3 aromatic carbocycles. The van der Waals surface area contributed by atoms with E-state index >= 15 is 0 Å². The van der Waals surface area contributed by atoms with E-state index in [9.17, 15) is 9.18 Å². The second-order valence-electron chi connectivity index (χ2n) is 6.19. The molecule has 0 saturated heterocycles. The Morgan fingerprint density at radius 1 is 1.00 bits per heavy atom. The van der Waals surface area contributed by atoms with Gasteiger partial charge in [-0.2, -0.15) is 0 Å². The van der Waals surface area contributed by atoms with Gasteiger partial charge in [-0.1, -0.05) is 42.5 Å². The fraction of sp³-hybridized carbons (Fsp3) is 0.136. The molecule has 5 heteroatoms. The third-order valence-electron chi connectivity index (χ3n) is 4.21. The highest BCUT2D eigenvalue weighted by molar-refractivity contribution is 5.71. The summed E-state index contributed by atoms with van der Waals surface area (Å²) >= 11 is 0. The van der Waals surface area contributed by atoms with E-state index in [4.69, 9.17) is 15.6 Å². The first-order valence-corrected chi connectivity index (χ1v) is 8.57. The first-order chi connectivity index (χ1) is 13.1. The average molecular weight is 365 g/mol. The minimum atomic E-state index is -0.914. The van der Waals surface area contributed by atoms with Gasteiger partial charge in [0.25, 0.3) is 0 Å². The Bertz CT molecular complexity index is 956. The number of para-hydroxylation sites is 1. The molecule has 138 valence electrons. The van der Waals surface area contributed by atoms with Crippen LogP contribution in [0, 0.1) is 5.82 Å². The van der Waals surface area contributed by atoms with Crippen molar-refractivity contribution in [3.05, 3.63) is 89.2 Å². The smallest absolute Gasteiger partial charge is 0.307 e. The van der Waals surface area contributed by atoms with Gasteiger partial charge in [0.05, 0.1) is 6.42 Å². The van der Waals surface area contributed by atoms with Crippen molar-refractivity contribution < 1.29 is 19.0 Å². The number of carboxylic acids is 1. The molecule has 4 nitrogen and oxygen atoms in total. The zero-order chi connectivity index (χ0) is 19.2. The molecule has 27 heavy (non-hydrogen) atoms. The van der Waals surface area contributed by atoms with Gasteiger partial charge in [0.1, 0.15) is 18.2 Å². The third kappa shape index (κ3) is 4.71. The molecule has 0 aliphatic rings. The SMILES string of the molecule is NCc1ccc(F)c(-c2cccc(COc3ccccc3CC(=O)O)c2)c1. The van der Waals surface area contributed by atoms with E-state index in [0.29, 0.717) is 23.4 Å². The Morgan fingerprint density at radius 2 is 1.81 bits per heavy atom. The molecular weight excluding hydrogens is 345 g/mol. The zero-order valence-corrected chi connectivity index (χ0v) is 14.7. The van der Waals surface area contributed by atoms with Crippen LogP contribution in [-0.2, 0) is 24.4 Å². The summed E-state index contributed by atoms with van der Waals surface area (Å²) in [4.78, 5) is 11.0. The number of aliphatic carboxylic acids is 1. The number of hydrogen-bond acceptors (Lipinski definition) is 3. The summed E-state index contributed by atoms with van der Waals surface area (Å²) in [5, 5.41) is 9.01. The van der Waals surface area contributed by atoms with Gasteiger partial charge in [-0.15, -0.1) is 0 Å². The summed E-state index contributed by atoms with van der Waals surface area (Å²) in [6.45, 7) is 0.596. The number of hydrogen-bond donors (Lipinski definition) is 2. The quantitative estimate of drug-likeness (QED) is 0.659. The van der Waals surface area contributed by atoms with Crippen LogP contribution in [0.2, 0.25) is 0 Å².